The molecule has 82 valence electrons. The minimum Gasteiger partial charge on any atom is -0.507 e. The summed E-state index contributed by atoms with van der Waals surface area (Å²) in [5, 5.41) is 9.70. The van der Waals surface area contributed by atoms with Crippen LogP contribution >= 0.6 is 0 Å². The fourth-order valence-corrected chi connectivity index (χ4v) is 1.59. The van der Waals surface area contributed by atoms with Gasteiger partial charge >= 0.3 is 0 Å². The molecule has 3 heteroatoms. The second-order valence-corrected chi connectivity index (χ2v) is 3.36. The minimum atomic E-state index is -0.362. The predicted molar refractivity (Wildman–Crippen MR) is 60.1 cm³/mol. The van der Waals surface area contributed by atoms with Crippen LogP contribution in [-0.4, -0.2) is 12.2 Å². The van der Waals surface area contributed by atoms with E-state index in [1.54, 1.807) is 24.3 Å². The Morgan fingerprint density at radius 1 is 1.06 bits per heavy atom. The van der Waals surface area contributed by atoms with Crippen molar-refractivity contribution in [3.05, 3.63) is 48.3 Å². The van der Waals surface area contributed by atoms with E-state index in [1.165, 1.54) is 25.3 Å². The van der Waals surface area contributed by atoms with Gasteiger partial charge < -0.3 is 9.84 Å². The van der Waals surface area contributed by atoms with Gasteiger partial charge in [0.15, 0.2) is 0 Å². The Morgan fingerprint density at radius 3 is 2.50 bits per heavy atom. The number of ether oxygens (including phenoxy) is 1. The summed E-state index contributed by atoms with van der Waals surface area (Å²) in [5.74, 6) is 0.272. The Bertz CT molecular complexity index is 509. The normalized spacial score (nSPS) is 10.1. The first kappa shape index (κ1) is 10.5. The number of benzene rings is 2. The van der Waals surface area contributed by atoms with Gasteiger partial charge in [0.1, 0.15) is 17.3 Å². The first-order chi connectivity index (χ1) is 7.72. The lowest BCUT2D eigenvalue weighted by Gasteiger charge is -2.09. The van der Waals surface area contributed by atoms with E-state index in [2.05, 4.69) is 0 Å². The van der Waals surface area contributed by atoms with E-state index < -0.39 is 0 Å². The van der Waals surface area contributed by atoms with Gasteiger partial charge in [-0.2, -0.15) is 0 Å². The standard InChI is InChI=1S/C13H11FO2/c1-16-13-7-6-9(14)8-11(13)10-4-2-3-5-12(10)15/h2-8,15H,1H3. The second kappa shape index (κ2) is 4.23. The van der Waals surface area contributed by atoms with Gasteiger partial charge in [0, 0.05) is 11.1 Å². The number of methoxy groups -OCH3 is 1. The summed E-state index contributed by atoms with van der Waals surface area (Å²) in [6.45, 7) is 0. The van der Waals surface area contributed by atoms with E-state index in [4.69, 9.17) is 4.74 Å². The number of hydrogen-bond acceptors (Lipinski definition) is 2. The van der Waals surface area contributed by atoms with Crippen molar-refractivity contribution < 1.29 is 14.2 Å². The van der Waals surface area contributed by atoms with Crippen LogP contribution in [0.1, 0.15) is 0 Å². The van der Waals surface area contributed by atoms with E-state index in [1.807, 2.05) is 0 Å². The van der Waals surface area contributed by atoms with Crippen LogP contribution in [-0.2, 0) is 0 Å². The highest BCUT2D eigenvalue weighted by atomic mass is 19.1. The summed E-state index contributed by atoms with van der Waals surface area (Å²) < 4.78 is 18.3. The first-order valence-electron chi connectivity index (χ1n) is 4.84. The van der Waals surface area contributed by atoms with Crippen LogP contribution in [0.3, 0.4) is 0 Å². The molecule has 16 heavy (non-hydrogen) atoms. The molecule has 0 heterocycles. The second-order valence-electron chi connectivity index (χ2n) is 3.36. The van der Waals surface area contributed by atoms with Gasteiger partial charge in [-0.3, -0.25) is 0 Å². The van der Waals surface area contributed by atoms with Crippen LogP contribution in [0.25, 0.3) is 11.1 Å². The number of rotatable bonds is 2. The van der Waals surface area contributed by atoms with Crippen molar-refractivity contribution >= 4 is 0 Å². The Kier molecular flexibility index (Phi) is 2.77. The van der Waals surface area contributed by atoms with Gasteiger partial charge in [-0.05, 0) is 24.3 Å². The molecule has 0 aliphatic heterocycles. The molecule has 0 amide bonds. The average Bonchev–Trinajstić information content (AvgIpc) is 2.29. The molecule has 2 aromatic carbocycles. The quantitative estimate of drug-likeness (QED) is 0.838. The largest absolute Gasteiger partial charge is 0.507 e. The molecule has 0 spiro atoms. The van der Waals surface area contributed by atoms with Crippen molar-refractivity contribution in [2.45, 2.75) is 0 Å². The Morgan fingerprint density at radius 2 is 1.81 bits per heavy atom. The van der Waals surface area contributed by atoms with Gasteiger partial charge in [0.25, 0.3) is 0 Å². The lowest BCUT2D eigenvalue weighted by Crippen LogP contribution is -1.89. The Hall–Kier alpha value is -2.03. The van der Waals surface area contributed by atoms with Crippen molar-refractivity contribution in [3.63, 3.8) is 0 Å². The van der Waals surface area contributed by atoms with E-state index in [0.717, 1.165) is 0 Å². The van der Waals surface area contributed by atoms with Gasteiger partial charge in [0.05, 0.1) is 7.11 Å². The molecule has 0 aromatic heterocycles. The van der Waals surface area contributed by atoms with Gasteiger partial charge in [0.2, 0.25) is 0 Å². The van der Waals surface area contributed by atoms with Crippen LogP contribution < -0.4 is 4.74 Å². The molecule has 0 saturated heterocycles. The van der Waals surface area contributed by atoms with Crippen LogP contribution in [0.2, 0.25) is 0 Å². The molecule has 0 radical (unpaired) electrons. The van der Waals surface area contributed by atoms with E-state index in [9.17, 15) is 9.50 Å². The van der Waals surface area contributed by atoms with Crippen molar-refractivity contribution in [2.75, 3.05) is 7.11 Å². The van der Waals surface area contributed by atoms with Crippen molar-refractivity contribution in [1.29, 1.82) is 0 Å². The number of para-hydroxylation sites is 1. The zero-order valence-corrected chi connectivity index (χ0v) is 8.77. The fourth-order valence-electron chi connectivity index (χ4n) is 1.59. The summed E-state index contributed by atoms with van der Waals surface area (Å²) in [5.41, 5.74) is 1.10. The lowest BCUT2D eigenvalue weighted by atomic mass is 10.0. The highest BCUT2D eigenvalue weighted by Gasteiger charge is 2.10. The Labute approximate surface area is 92.9 Å². The highest BCUT2D eigenvalue weighted by molar-refractivity contribution is 5.75. The summed E-state index contributed by atoms with van der Waals surface area (Å²) in [4.78, 5) is 0. The third-order valence-corrected chi connectivity index (χ3v) is 2.36. The maximum Gasteiger partial charge on any atom is 0.127 e. The van der Waals surface area contributed by atoms with Crippen LogP contribution in [0.15, 0.2) is 42.5 Å². The predicted octanol–water partition coefficient (Wildman–Crippen LogP) is 3.21. The van der Waals surface area contributed by atoms with Crippen LogP contribution in [0, 0.1) is 5.82 Å². The first-order valence-corrected chi connectivity index (χ1v) is 4.84. The van der Waals surface area contributed by atoms with Crippen molar-refractivity contribution in [1.82, 2.24) is 0 Å². The SMILES string of the molecule is COc1ccc(F)cc1-c1ccccc1O. The van der Waals surface area contributed by atoms with Crippen molar-refractivity contribution in [2.24, 2.45) is 0 Å². The smallest absolute Gasteiger partial charge is 0.127 e. The summed E-state index contributed by atoms with van der Waals surface area (Å²) in [6.07, 6.45) is 0. The molecule has 2 nitrogen and oxygen atoms in total. The zero-order valence-electron chi connectivity index (χ0n) is 8.77. The average molecular weight is 218 g/mol. The molecule has 0 unspecified atom stereocenters. The van der Waals surface area contributed by atoms with Gasteiger partial charge in [-0.1, -0.05) is 18.2 Å². The van der Waals surface area contributed by atoms with Crippen molar-refractivity contribution in [3.8, 4) is 22.6 Å². The number of phenols is 1. The molecule has 0 bridgehead atoms. The number of aromatic hydroxyl groups is 1. The molecule has 0 saturated carbocycles. The molecule has 2 rings (SSSR count). The number of halogens is 1. The van der Waals surface area contributed by atoms with E-state index >= 15 is 0 Å². The molecule has 2 aromatic rings. The molecule has 0 aliphatic rings. The van der Waals surface area contributed by atoms with Crippen LogP contribution in [0.5, 0.6) is 11.5 Å². The third kappa shape index (κ3) is 1.84. The molecular weight excluding hydrogens is 207 g/mol. The third-order valence-electron chi connectivity index (χ3n) is 2.36. The maximum atomic E-state index is 13.2. The molecular formula is C13H11FO2. The monoisotopic (exact) mass is 218 g/mol. The molecule has 0 aliphatic carbocycles. The van der Waals surface area contributed by atoms with Gasteiger partial charge in [-0.15, -0.1) is 0 Å². The summed E-state index contributed by atoms with van der Waals surface area (Å²) >= 11 is 0. The summed E-state index contributed by atoms with van der Waals surface area (Å²) in [7, 11) is 1.51. The minimum absolute atomic E-state index is 0.103. The topological polar surface area (TPSA) is 29.5 Å². The molecule has 0 fully saturated rings. The van der Waals surface area contributed by atoms with Crippen LogP contribution in [0.4, 0.5) is 4.39 Å². The van der Waals surface area contributed by atoms with Gasteiger partial charge in [-0.25, -0.2) is 4.39 Å². The Balaban J connectivity index is 2.63. The molecule has 0 atom stereocenters. The zero-order chi connectivity index (χ0) is 11.5. The van der Waals surface area contributed by atoms with E-state index in [0.29, 0.717) is 16.9 Å². The summed E-state index contributed by atoms with van der Waals surface area (Å²) in [6, 6.07) is 11.0. The lowest BCUT2D eigenvalue weighted by molar-refractivity contribution is 0.414. The fraction of sp³-hybridized carbons (Fsp3) is 0.0769. The van der Waals surface area contributed by atoms with E-state index in [-0.39, 0.29) is 11.6 Å². The number of phenolic OH excluding ortho intramolecular Hbond substituents is 1. The molecule has 1 N–H and O–H groups in total. The maximum absolute atomic E-state index is 13.2. The highest BCUT2D eigenvalue weighted by Crippen LogP contribution is 2.35. The number of hydrogen-bond donors (Lipinski definition) is 1.